The van der Waals surface area contributed by atoms with Crippen LogP contribution < -0.4 is 5.32 Å². The van der Waals surface area contributed by atoms with E-state index in [1.807, 2.05) is 59.3 Å². The topological polar surface area (TPSA) is 46.9 Å². The van der Waals surface area contributed by atoms with Crippen molar-refractivity contribution in [3.63, 3.8) is 0 Å². The van der Waals surface area contributed by atoms with Gasteiger partial charge in [0.25, 0.3) is 5.91 Å². The molecule has 1 heterocycles. The quantitative estimate of drug-likeness (QED) is 0.318. The Morgan fingerprint density at radius 1 is 0.857 bits per heavy atom. The number of hydrogen-bond acceptors (Lipinski definition) is 2. The number of nitrogens with one attached hydrogen (secondary N) is 1. The van der Waals surface area contributed by atoms with Gasteiger partial charge in [-0.05, 0) is 37.0 Å². The van der Waals surface area contributed by atoms with Crippen molar-refractivity contribution in [2.45, 2.75) is 57.4 Å². The van der Waals surface area contributed by atoms with E-state index in [0.717, 1.165) is 61.2 Å². The Kier molecular flexibility index (Phi) is 6.80. The Morgan fingerprint density at radius 2 is 1.46 bits per heavy atom. The van der Waals surface area contributed by atoms with Gasteiger partial charge in [0.2, 0.25) is 0 Å². The van der Waals surface area contributed by atoms with Crippen molar-refractivity contribution >= 4 is 5.91 Å². The van der Waals surface area contributed by atoms with E-state index in [-0.39, 0.29) is 11.4 Å². The van der Waals surface area contributed by atoms with Crippen LogP contribution in [0.4, 0.5) is 0 Å². The molecule has 1 N–H and O–H groups in total. The first kappa shape index (κ1) is 23.1. The number of carbonyl (C=O) groups is 1. The van der Waals surface area contributed by atoms with E-state index in [9.17, 15) is 4.79 Å². The lowest BCUT2D eigenvalue weighted by molar-refractivity contribution is 0.0866. The van der Waals surface area contributed by atoms with Crippen molar-refractivity contribution in [2.75, 3.05) is 0 Å². The molecule has 4 nitrogen and oxygen atoms in total. The van der Waals surface area contributed by atoms with E-state index >= 15 is 0 Å². The van der Waals surface area contributed by atoms with E-state index in [1.165, 1.54) is 12.0 Å². The summed E-state index contributed by atoms with van der Waals surface area (Å²) in [6.07, 6.45) is 7.07. The van der Waals surface area contributed by atoms with Crippen molar-refractivity contribution in [1.29, 1.82) is 0 Å². The number of aromatic nitrogens is 2. The van der Waals surface area contributed by atoms with Crippen LogP contribution in [-0.2, 0) is 12.0 Å². The molecule has 35 heavy (non-hydrogen) atoms. The molecule has 1 fully saturated rings. The molecule has 0 spiro atoms. The Hall–Kier alpha value is -3.66. The Bertz CT molecular complexity index is 1260. The SMILES string of the molecule is CCCc1c(C(=O)NC2(c3ccccc3)CCCCC2)c(-c2ccccc2)nn1-c1ccccc1. The van der Waals surface area contributed by atoms with Crippen LogP contribution in [0, 0.1) is 0 Å². The lowest BCUT2D eigenvalue weighted by Crippen LogP contribution is -2.47. The molecule has 4 aromatic rings. The summed E-state index contributed by atoms with van der Waals surface area (Å²) in [6.45, 7) is 2.15. The molecule has 0 aliphatic heterocycles. The zero-order valence-electron chi connectivity index (χ0n) is 20.4. The van der Waals surface area contributed by atoms with Gasteiger partial charge in [-0.1, -0.05) is 111 Å². The van der Waals surface area contributed by atoms with Crippen LogP contribution in [0.15, 0.2) is 91.0 Å². The van der Waals surface area contributed by atoms with Gasteiger partial charge in [-0.3, -0.25) is 4.79 Å². The van der Waals surface area contributed by atoms with Crippen molar-refractivity contribution < 1.29 is 4.79 Å². The van der Waals surface area contributed by atoms with E-state index in [0.29, 0.717) is 5.56 Å². The molecule has 0 bridgehead atoms. The minimum atomic E-state index is -0.344. The molecule has 5 rings (SSSR count). The predicted molar refractivity (Wildman–Crippen MR) is 142 cm³/mol. The number of rotatable bonds is 7. The average molecular weight is 464 g/mol. The molecule has 0 atom stereocenters. The van der Waals surface area contributed by atoms with E-state index < -0.39 is 0 Å². The zero-order chi connectivity index (χ0) is 24.1. The van der Waals surface area contributed by atoms with E-state index in [4.69, 9.17) is 5.10 Å². The third-order valence-electron chi connectivity index (χ3n) is 7.13. The van der Waals surface area contributed by atoms with Gasteiger partial charge in [-0.2, -0.15) is 5.10 Å². The molecule has 1 aliphatic carbocycles. The van der Waals surface area contributed by atoms with Gasteiger partial charge < -0.3 is 5.32 Å². The zero-order valence-corrected chi connectivity index (χ0v) is 20.4. The number of para-hydroxylation sites is 1. The normalized spacial score (nSPS) is 15.0. The summed E-state index contributed by atoms with van der Waals surface area (Å²) in [5, 5.41) is 8.58. The minimum absolute atomic E-state index is 0.0276. The maximum Gasteiger partial charge on any atom is 0.256 e. The maximum absolute atomic E-state index is 14.3. The average Bonchev–Trinajstić information content (AvgIpc) is 3.30. The van der Waals surface area contributed by atoms with Gasteiger partial charge in [-0.25, -0.2) is 4.68 Å². The van der Waals surface area contributed by atoms with Gasteiger partial charge in [0.15, 0.2) is 0 Å². The van der Waals surface area contributed by atoms with Gasteiger partial charge in [0.05, 0.1) is 22.5 Å². The van der Waals surface area contributed by atoms with Gasteiger partial charge >= 0.3 is 0 Å². The van der Waals surface area contributed by atoms with Crippen LogP contribution in [0.2, 0.25) is 0 Å². The molecule has 4 heteroatoms. The third kappa shape index (κ3) is 4.66. The van der Waals surface area contributed by atoms with Crippen molar-refractivity contribution in [3.05, 3.63) is 108 Å². The van der Waals surface area contributed by atoms with Crippen LogP contribution in [-0.4, -0.2) is 15.7 Å². The van der Waals surface area contributed by atoms with Crippen molar-refractivity contribution in [3.8, 4) is 16.9 Å². The Balaban J connectivity index is 1.64. The largest absolute Gasteiger partial charge is 0.342 e. The minimum Gasteiger partial charge on any atom is -0.342 e. The summed E-state index contributed by atoms with van der Waals surface area (Å²) >= 11 is 0. The summed E-state index contributed by atoms with van der Waals surface area (Å²) in [5.41, 5.74) is 5.20. The maximum atomic E-state index is 14.3. The second-order valence-electron chi connectivity index (χ2n) is 9.50. The van der Waals surface area contributed by atoms with E-state index in [1.54, 1.807) is 0 Å². The number of nitrogens with zero attached hydrogens (tertiary/aromatic N) is 2. The molecule has 178 valence electrons. The summed E-state index contributed by atoms with van der Waals surface area (Å²) < 4.78 is 1.97. The number of amides is 1. The summed E-state index contributed by atoms with van der Waals surface area (Å²) in [7, 11) is 0. The summed E-state index contributed by atoms with van der Waals surface area (Å²) in [6, 6.07) is 30.7. The first-order valence-corrected chi connectivity index (χ1v) is 12.8. The first-order valence-electron chi connectivity index (χ1n) is 12.8. The fraction of sp³-hybridized carbons (Fsp3) is 0.290. The molecule has 0 saturated heterocycles. The molecule has 1 amide bonds. The highest BCUT2D eigenvalue weighted by Gasteiger charge is 2.37. The third-order valence-corrected chi connectivity index (χ3v) is 7.13. The highest BCUT2D eigenvalue weighted by molar-refractivity contribution is 6.02. The smallest absolute Gasteiger partial charge is 0.256 e. The second kappa shape index (κ2) is 10.3. The fourth-order valence-corrected chi connectivity index (χ4v) is 5.42. The molecule has 1 aromatic heterocycles. The number of hydrogen-bond donors (Lipinski definition) is 1. The first-order chi connectivity index (χ1) is 17.2. The fourth-order valence-electron chi connectivity index (χ4n) is 5.42. The lowest BCUT2D eigenvalue weighted by Gasteiger charge is -2.39. The molecular weight excluding hydrogens is 430 g/mol. The van der Waals surface area contributed by atoms with Gasteiger partial charge in [-0.15, -0.1) is 0 Å². The van der Waals surface area contributed by atoms with Crippen LogP contribution in [0.25, 0.3) is 16.9 Å². The van der Waals surface area contributed by atoms with Crippen LogP contribution in [0.3, 0.4) is 0 Å². The molecule has 1 saturated carbocycles. The highest BCUT2D eigenvalue weighted by atomic mass is 16.1. The highest BCUT2D eigenvalue weighted by Crippen LogP contribution is 2.38. The molecule has 3 aromatic carbocycles. The van der Waals surface area contributed by atoms with Gasteiger partial charge in [0, 0.05) is 5.56 Å². The predicted octanol–water partition coefficient (Wildman–Crippen LogP) is 7.08. The molecular formula is C31H33N3O. The lowest BCUT2D eigenvalue weighted by atomic mass is 9.76. The van der Waals surface area contributed by atoms with Crippen LogP contribution in [0.1, 0.15) is 67.1 Å². The van der Waals surface area contributed by atoms with Crippen LogP contribution >= 0.6 is 0 Å². The molecule has 0 unspecified atom stereocenters. The van der Waals surface area contributed by atoms with Crippen LogP contribution in [0.5, 0.6) is 0 Å². The molecule has 1 aliphatic rings. The second-order valence-corrected chi connectivity index (χ2v) is 9.50. The van der Waals surface area contributed by atoms with Crippen molar-refractivity contribution in [2.24, 2.45) is 0 Å². The summed E-state index contributed by atoms with van der Waals surface area (Å²) in [4.78, 5) is 14.3. The summed E-state index contributed by atoms with van der Waals surface area (Å²) in [5.74, 6) is -0.0276. The Labute approximate surface area is 208 Å². The Morgan fingerprint density at radius 3 is 2.09 bits per heavy atom. The number of carbonyl (C=O) groups excluding carboxylic acids is 1. The van der Waals surface area contributed by atoms with Crippen molar-refractivity contribution in [1.82, 2.24) is 15.1 Å². The van der Waals surface area contributed by atoms with Gasteiger partial charge in [0.1, 0.15) is 5.69 Å². The monoisotopic (exact) mass is 463 g/mol. The molecule has 0 radical (unpaired) electrons. The standard InChI is InChI=1S/C31H33N3O/c1-2-15-27-28(30(35)32-31(22-13-6-14-23-31)25-18-9-4-10-19-25)29(24-16-7-3-8-17-24)33-34(27)26-20-11-5-12-21-26/h3-5,7-12,16-21H,2,6,13-15,22-23H2,1H3,(H,32,35). The number of benzene rings is 3. The van der Waals surface area contributed by atoms with E-state index in [2.05, 4.69) is 48.6 Å².